The third kappa shape index (κ3) is 3.39. The molecule has 1 heterocycles. The van der Waals surface area contributed by atoms with Crippen molar-refractivity contribution < 1.29 is 4.79 Å². The van der Waals surface area contributed by atoms with Gasteiger partial charge in [0.15, 0.2) is 0 Å². The van der Waals surface area contributed by atoms with Gasteiger partial charge in [0, 0.05) is 23.2 Å². The van der Waals surface area contributed by atoms with E-state index in [2.05, 4.69) is 52.1 Å². The van der Waals surface area contributed by atoms with Crippen molar-refractivity contribution in [1.29, 1.82) is 0 Å². The van der Waals surface area contributed by atoms with E-state index >= 15 is 0 Å². The fourth-order valence-electron chi connectivity index (χ4n) is 2.82. The molecule has 2 aromatic carbocycles. The lowest BCUT2D eigenvalue weighted by Gasteiger charge is -2.14. The molecule has 0 radical (unpaired) electrons. The van der Waals surface area contributed by atoms with Gasteiger partial charge in [-0.3, -0.25) is 9.69 Å². The molecule has 0 atom stereocenters. The van der Waals surface area contributed by atoms with Gasteiger partial charge in [0.2, 0.25) is 5.91 Å². The maximum absolute atomic E-state index is 12.2. The van der Waals surface area contributed by atoms with E-state index in [9.17, 15) is 4.79 Å². The van der Waals surface area contributed by atoms with Crippen molar-refractivity contribution in [2.75, 3.05) is 11.9 Å². The lowest BCUT2D eigenvalue weighted by molar-refractivity contribution is -0.117. The average Bonchev–Trinajstić information content (AvgIpc) is 2.83. The van der Waals surface area contributed by atoms with Gasteiger partial charge in [-0.2, -0.15) is 0 Å². The lowest BCUT2D eigenvalue weighted by atomic mass is 10.0. The Kier molecular flexibility index (Phi) is 4.32. The van der Waals surface area contributed by atoms with Gasteiger partial charge in [-0.1, -0.05) is 28.1 Å². The van der Waals surface area contributed by atoms with E-state index in [4.69, 9.17) is 0 Å². The molecule has 1 N–H and O–H groups in total. The van der Waals surface area contributed by atoms with Crippen LogP contribution in [0.1, 0.15) is 22.3 Å². The van der Waals surface area contributed by atoms with Crippen LogP contribution in [0, 0.1) is 13.8 Å². The van der Waals surface area contributed by atoms with Gasteiger partial charge in [-0.05, 0) is 60.4 Å². The number of hydrogen-bond acceptors (Lipinski definition) is 2. The summed E-state index contributed by atoms with van der Waals surface area (Å²) >= 11 is 3.39. The zero-order chi connectivity index (χ0) is 15.7. The molecule has 1 aliphatic rings. The second-order valence-electron chi connectivity index (χ2n) is 5.91. The van der Waals surface area contributed by atoms with Crippen LogP contribution in [-0.4, -0.2) is 17.4 Å². The number of fused-ring (bicyclic) bond motifs is 1. The van der Waals surface area contributed by atoms with Crippen LogP contribution >= 0.6 is 15.9 Å². The molecule has 1 amide bonds. The molecule has 0 bridgehead atoms. The van der Waals surface area contributed by atoms with E-state index in [-0.39, 0.29) is 5.91 Å². The summed E-state index contributed by atoms with van der Waals surface area (Å²) in [5.74, 6) is 0.0311. The lowest BCUT2D eigenvalue weighted by Crippen LogP contribution is -2.29. The van der Waals surface area contributed by atoms with Gasteiger partial charge in [0.1, 0.15) is 0 Å². The summed E-state index contributed by atoms with van der Waals surface area (Å²) in [5.41, 5.74) is 6.16. The summed E-state index contributed by atoms with van der Waals surface area (Å²) in [6, 6.07) is 12.1. The molecule has 114 valence electrons. The zero-order valence-corrected chi connectivity index (χ0v) is 14.4. The first-order valence-corrected chi connectivity index (χ1v) is 8.17. The molecule has 2 aromatic rings. The number of nitrogens with zero attached hydrogens (tertiary/aromatic N) is 1. The van der Waals surface area contributed by atoms with Crippen molar-refractivity contribution >= 4 is 27.5 Å². The van der Waals surface area contributed by atoms with Crippen LogP contribution in [0.25, 0.3) is 0 Å². The first-order valence-electron chi connectivity index (χ1n) is 7.38. The van der Waals surface area contributed by atoms with Gasteiger partial charge in [-0.15, -0.1) is 0 Å². The van der Waals surface area contributed by atoms with Gasteiger partial charge in [-0.25, -0.2) is 0 Å². The van der Waals surface area contributed by atoms with Crippen molar-refractivity contribution in [2.24, 2.45) is 0 Å². The van der Waals surface area contributed by atoms with E-state index in [0.29, 0.717) is 6.54 Å². The van der Waals surface area contributed by atoms with Crippen molar-refractivity contribution in [3.05, 3.63) is 63.1 Å². The third-order valence-corrected chi connectivity index (χ3v) is 4.63. The molecule has 3 nitrogen and oxygen atoms in total. The van der Waals surface area contributed by atoms with Crippen LogP contribution in [-0.2, 0) is 17.9 Å². The number of amides is 1. The standard InChI is InChI=1S/C18H19BrN2O/c1-12-7-14-9-21(10-15(14)8-13(12)2)11-18(22)20-17-5-3-16(19)4-6-17/h3-8H,9-11H2,1-2H3,(H,20,22). The summed E-state index contributed by atoms with van der Waals surface area (Å²) in [6.07, 6.45) is 0. The highest BCUT2D eigenvalue weighted by Gasteiger charge is 2.21. The van der Waals surface area contributed by atoms with E-state index < -0.39 is 0 Å². The molecule has 3 rings (SSSR count). The molecule has 4 heteroatoms. The summed E-state index contributed by atoms with van der Waals surface area (Å²) in [5, 5.41) is 2.94. The van der Waals surface area contributed by atoms with Crippen molar-refractivity contribution in [3.63, 3.8) is 0 Å². The summed E-state index contributed by atoms with van der Waals surface area (Å²) in [4.78, 5) is 14.4. The number of nitrogens with one attached hydrogen (secondary N) is 1. The molecule has 0 saturated carbocycles. The van der Waals surface area contributed by atoms with Crippen molar-refractivity contribution in [3.8, 4) is 0 Å². The van der Waals surface area contributed by atoms with E-state index in [1.54, 1.807) is 0 Å². The van der Waals surface area contributed by atoms with Gasteiger partial charge < -0.3 is 5.32 Å². The number of rotatable bonds is 3. The van der Waals surface area contributed by atoms with Crippen LogP contribution in [0.15, 0.2) is 40.9 Å². The summed E-state index contributed by atoms with van der Waals surface area (Å²) < 4.78 is 1.01. The molecule has 22 heavy (non-hydrogen) atoms. The minimum atomic E-state index is 0.0311. The second-order valence-corrected chi connectivity index (χ2v) is 6.82. The van der Waals surface area contributed by atoms with E-state index in [1.807, 2.05) is 24.3 Å². The minimum absolute atomic E-state index is 0.0311. The van der Waals surface area contributed by atoms with Crippen LogP contribution in [0.2, 0.25) is 0 Å². The Morgan fingerprint density at radius 3 is 2.18 bits per heavy atom. The van der Waals surface area contributed by atoms with Crippen LogP contribution in [0.4, 0.5) is 5.69 Å². The number of carbonyl (C=O) groups excluding carboxylic acids is 1. The maximum atomic E-state index is 12.2. The Morgan fingerprint density at radius 2 is 1.64 bits per heavy atom. The molecule has 0 fully saturated rings. The fraction of sp³-hybridized carbons (Fsp3) is 0.278. The predicted molar refractivity (Wildman–Crippen MR) is 92.8 cm³/mol. The van der Waals surface area contributed by atoms with E-state index in [0.717, 1.165) is 23.2 Å². The first-order chi connectivity index (χ1) is 10.5. The Morgan fingerprint density at radius 1 is 1.09 bits per heavy atom. The van der Waals surface area contributed by atoms with Gasteiger partial charge >= 0.3 is 0 Å². The Bertz CT molecular complexity index is 679. The molecule has 0 spiro atoms. The smallest absolute Gasteiger partial charge is 0.238 e. The van der Waals surface area contributed by atoms with E-state index in [1.165, 1.54) is 22.3 Å². The number of carbonyl (C=O) groups is 1. The van der Waals surface area contributed by atoms with Gasteiger partial charge in [0.05, 0.1) is 6.54 Å². The second kappa shape index (κ2) is 6.23. The number of anilines is 1. The van der Waals surface area contributed by atoms with Crippen LogP contribution < -0.4 is 5.32 Å². The fourth-order valence-corrected chi connectivity index (χ4v) is 3.08. The van der Waals surface area contributed by atoms with Crippen LogP contribution in [0.5, 0.6) is 0 Å². The van der Waals surface area contributed by atoms with Crippen molar-refractivity contribution in [2.45, 2.75) is 26.9 Å². The molecule has 1 aliphatic heterocycles. The molecule has 0 aromatic heterocycles. The number of halogens is 1. The predicted octanol–water partition coefficient (Wildman–Crippen LogP) is 4.02. The monoisotopic (exact) mass is 358 g/mol. The SMILES string of the molecule is Cc1cc2c(cc1C)CN(CC(=O)Nc1ccc(Br)cc1)C2. The highest BCUT2D eigenvalue weighted by molar-refractivity contribution is 9.10. The Hall–Kier alpha value is -1.65. The summed E-state index contributed by atoms with van der Waals surface area (Å²) in [7, 11) is 0. The molecule has 0 saturated heterocycles. The quantitative estimate of drug-likeness (QED) is 0.898. The number of benzene rings is 2. The highest BCUT2D eigenvalue weighted by Crippen LogP contribution is 2.25. The Labute approximate surface area is 139 Å². The molecule has 0 aliphatic carbocycles. The average molecular weight is 359 g/mol. The summed E-state index contributed by atoms with van der Waals surface area (Å²) in [6.45, 7) is 6.40. The third-order valence-electron chi connectivity index (χ3n) is 4.10. The maximum Gasteiger partial charge on any atom is 0.238 e. The highest BCUT2D eigenvalue weighted by atomic mass is 79.9. The number of aryl methyl sites for hydroxylation is 2. The minimum Gasteiger partial charge on any atom is -0.325 e. The molecular formula is C18H19BrN2O. The zero-order valence-electron chi connectivity index (χ0n) is 12.8. The largest absolute Gasteiger partial charge is 0.325 e. The molecular weight excluding hydrogens is 340 g/mol. The first kappa shape index (κ1) is 15.3. The topological polar surface area (TPSA) is 32.3 Å². The van der Waals surface area contributed by atoms with Crippen molar-refractivity contribution in [1.82, 2.24) is 4.90 Å². The normalized spacial score (nSPS) is 14.0. The van der Waals surface area contributed by atoms with Crippen LogP contribution in [0.3, 0.4) is 0 Å². The number of hydrogen-bond donors (Lipinski definition) is 1. The molecule has 0 unspecified atom stereocenters. The van der Waals surface area contributed by atoms with Gasteiger partial charge in [0.25, 0.3) is 0 Å². The Balaban J connectivity index is 1.60.